The number of methoxy groups -OCH3 is 1. The minimum atomic E-state index is -0.418. The molecule has 2 aromatic heterocycles. The topological polar surface area (TPSA) is 82.8 Å². The second-order valence-corrected chi connectivity index (χ2v) is 8.90. The maximum atomic E-state index is 11.9. The molecule has 0 aliphatic carbocycles. The molecule has 1 aromatic carbocycles. The van der Waals surface area contributed by atoms with E-state index in [2.05, 4.69) is 20.2 Å². The van der Waals surface area contributed by atoms with Crippen LogP contribution in [0, 0.1) is 13.8 Å². The van der Waals surface area contributed by atoms with Gasteiger partial charge in [0.05, 0.1) is 12.9 Å². The van der Waals surface area contributed by atoms with Gasteiger partial charge in [-0.2, -0.15) is 0 Å². The van der Waals surface area contributed by atoms with Gasteiger partial charge in [-0.15, -0.1) is 10.2 Å². The Balaban J connectivity index is 1.91. The van der Waals surface area contributed by atoms with Crippen LogP contribution in [0.5, 0.6) is 0 Å². The molecule has 3 rings (SSSR count). The Morgan fingerprint density at radius 3 is 2.45 bits per heavy atom. The second-order valence-electron chi connectivity index (χ2n) is 6.22. The molecule has 7 nitrogen and oxygen atoms in total. The lowest BCUT2D eigenvalue weighted by molar-refractivity contribution is -0.139. The van der Waals surface area contributed by atoms with Crippen LogP contribution in [0.1, 0.15) is 24.1 Å². The molecule has 0 aliphatic rings. The zero-order chi connectivity index (χ0) is 21.0. The Kier molecular flexibility index (Phi) is 7.15. The van der Waals surface area contributed by atoms with Gasteiger partial charge in [0.2, 0.25) is 0 Å². The Hall–Kier alpha value is -2.10. The van der Waals surface area contributed by atoms with E-state index in [0.29, 0.717) is 21.1 Å². The molecule has 152 valence electrons. The molecular weight excluding hydrogens is 430 g/mol. The third-order valence-corrected chi connectivity index (χ3v) is 6.01. The summed E-state index contributed by atoms with van der Waals surface area (Å²) in [7, 11) is 1.37. The highest BCUT2D eigenvalue weighted by molar-refractivity contribution is 8.00. The van der Waals surface area contributed by atoms with Crippen LogP contribution in [0.25, 0.3) is 5.69 Å². The Morgan fingerprint density at radius 1 is 1.17 bits per heavy atom. The number of halogens is 1. The Bertz CT molecular complexity index is 990. The SMILES string of the molecule is COC(=O)[C@@H](C)Sc1nnc(CSc2nc(C)cc(C)n2)n1-c1ccc(Cl)cc1. The Labute approximate surface area is 182 Å². The molecule has 0 radical (unpaired) electrons. The molecule has 29 heavy (non-hydrogen) atoms. The first-order valence-electron chi connectivity index (χ1n) is 8.77. The smallest absolute Gasteiger partial charge is 0.318 e. The number of benzene rings is 1. The molecule has 0 fully saturated rings. The molecule has 1 atom stereocenters. The lowest BCUT2D eigenvalue weighted by Crippen LogP contribution is -2.15. The summed E-state index contributed by atoms with van der Waals surface area (Å²) < 4.78 is 6.74. The lowest BCUT2D eigenvalue weighted by atomic mass is 10.3. The first-order valence-corrected chi connectivity index (χ1v) is 11.0. The fourth-order valence-corrected chi connectivity index (χ4v) is 4.48. The summed E-state index contributed by atoms with van der Waals surface area (Å²) in [6.45, 7) is 5.66. The van der Waals surface area contributed by atoms with Crippen molar-refractivity contribution < 1.29 is 9.53 Å². The molecule has 0 N–H and O–H groups in total. The van der Waals surface area contributed by atoms with E-state index in [4.69, 9.17) is 16.3 Å². The zero-order valence-electron chi connectivity index (χ0n) is 16.4. The van der Waals surface area contributed by atoms with Gasteiger partial charge in [0.25, 0.3) is 0 Å². The summed E-state index contributed by atoms with van der Waals surface area (Å²) in [5, 5.41) is 10.1. The molecule has 0 saturated heterocycles. The van der Waals surface area contributed by atoms with Crippen molar-refractivity contribution in [3.05, 3.63) is 52.6 Å². The normalized spacial score (nSPS) is 12.0. The minimum Gasteiger partial charge on any atom is -0.468 e. The van der Waals surface area contributed by atoms with E-state index in [-0.39, 0.29) is 5.97 Å². The number of nitrogens with zero attached hydrogens (tertiary/aromatic N) is 5. The third kappa shape index (κ3) is 5.49. The lowest BCUT2D eigenvalue weighted by Gasteiger charge is -2.12. The van der Waals surface area contributed by atoms with Gasteiger partial charge in [-0.1, -0.05) is 35.1 Å². The number of carbonyl (C=O) groups is 1. The number of ether oxygens (including phenoxy) is 1. The maximum Gasteiger partial charge on any atom is 0.318 e. The molecule has 0 saturated carbocycles. The number of carbonyl (C=O) groups excluding carboxylic acids is 1. The number of thioether (sulfide) groups is 2. The van der Waals surface area contributed by atoms with Crippen LogP contribution in [0.3, 0.4) is 0 Å². The highest BCUT2D eigenvalue weighted by atomic mass is 35.5. The summed E-state index contributed by atoms with van der Waals surface area (Å²) >= 11 is 8.82. The fraction of sp³-hybridized carbons (Fsp3) is 0.316. The van der Waals surface area contributed by atoms with Gasteiger partial charge in [-0.05, 0) is 51.1 Å². The van der Waals surface area contributed by atoms with Crippen LogP contribution in [-0.4, -0.2) is 43.1 Å². The summed E-state index contributed by atoms with van der Waals surface area (Å²) in [6.07, 6.45) is 0. The minimum absolute atomic E-state index is 0.319. The number of aryl methyl sites for hydroxylation is 2. The molecule has 0 unspecified atom stereocenters. The number of aromatic nitrogens is 5. The highest BCUT2D eigenvalue weighted by Gasteiger charge is 2.22. The largest absolute Gasteiger partial charge is 0.468 e. The van der Waals surface area contributed by atoms with E-state index >= 15 is 0 Å². The number of hydrogen-bond acceptors (Lipinski definition) is 8. The van der Waals surface area contributed by atoms with E-state index in [1.807, 2.05) is 36.6 Å². The van der Waals surface area contributed by atoms with Gasteiger partial charge in [0, 0.05) is 22.1 Å². The van der Waals surface area contributed by atoms with Gasteiger partial charge in [0.1, 0.15) is 11.1 Å². The summed E-state index contributed by atoms with van der Waals surface area (Å²) in [5.41, 5.74) is 2.69. The average molecular weight is 450 g/mol. The van der Waals surface area contributed by atoms with Crippen LogP contribution in [0.15, 0.2) is 40.6 Å². The van der Waals surface area contributed by atoms with E-state index in [1.165, 1.54) is 30.6 Å². The maximum absolute atomic E-state index is 11.9. The van der Waals surface area contributed by atoms with Gasteiger partial charge >= 0.3 is 5.97 Å². The van der Waals surface area contributed by atoms with Gasteiger partial charge < -0.3 is 4.74 Å². The van der Waals surface area contributed by atoms with E-state index in [1.54, 1.807) is 19.1 Å². The first kappa shape index (κ1) is 21.6. The van der Waals surface area contributed by atoms with Gasteiger partial charge in [0.15, 0.2) is 10.3 Å². The van der Waals surface area contributed by atoms with E-state index < -0.39 is 5.25 Å². The molecule has 2 heterocycles. The van der Waals surface area contributed by atoms with Crippen LogP contribution in [0.2, 0.25) is 5.02 Å². The van der Waals surface area contributed by atoms with Crippen molar-refractivity contribution in [1.82, 2.24) is 24.7 Å². The van der Waals surface area contributed by atoms with Crippen molar-refractivity contribution in [3.63, 3.8) is 0 Å². The average Bonchev–Trinajstić information content (AvgIpc) is 3.08. The predicted molar refractivity (Wildman–Crippen MR) is 115 cm³/mol. The molecule has 0 bridgehead atoms. The predicted octanol–water partition coefficient (Wildman–Crippen LogP) is 4.27. The number of hydrogen-bond donors (Lipinski definition) is 0. The van der Waals surface area contributed by atoms with E-state index in [0.717, 1.165) is 22.9 Å². The molecule has 0 aliphatic heterocycles. The standard InChI is InChI=1S/C19H20ClN5O2S2/c1-11-9-12(2)22-18(21-11)28-10-16-23-24-19(29-13(3)17(26)27-4)25(16)15-7-5-14(20)6-8-15/h5-9,13H,10H2,1-4H3/t13-/m1/s1. The molecule has 0 amide bonds. The molecule has 10 heteroatoms. The van der Waals surface area contributed by atoms with Crippen LogP contribution in [0.4, 0.5) is 0 Å². The summed E-state index contributed by atoms with van der Waals surface area (Å²) in [4.78, 5) is 20.8. The number of esters is 1. The third-order valence-electron chi connectivity index (χ3n) is 3.89. The van der Waals surface area contributed by atoms with Crippen molar-refractivity contribution in [3.8, 4) is 5.69 Å². The molecular formula is C19H20ClN5O2S2. The fourth-order valence-electron chi connectivity index (χ4n) is 2.58. The van der Waals surface area contributed by atoms with Crippen molar-refractivity contribution in [2.45, 2.75) is 42.1 Å². The highest BCUT2D eigenvalue weighted by Crippen LogP contribution is 2.29. The van der Waals surface area contributed by atoms with Gasteiger partial charge in [-0.3, -0.25) is 9.36 Å². The van der Waals surface area contributed by atoms with Crippen molar-refractivity contribution >= 4 is 41.1 Å². The first-order chi connectivity index (χ1) is 13.9. The Morgan fingerprint density at radius 2 is 1.83 bits per heavy atom. The monoisotopic (exact) mass is 449 g/mol. The van der Waals surface area contributed by atoms with Crippen LogP contribution < -0.4 is 0 Å². The molecule has 0 spiro atoms. The van der Waals surface area contributed by atoms with E-state index in [9.17, 15) is 4.79 Å². The van der Waals surface area contributed by atoms with Crippen molar-refractivity contribution in [2.75, 3.05) is 7.11 Å². The quantitative estimate of drug-likeness (QED) is 0.300. The zero-order valence-corrected chi connectivity index (χ0v) is 18.8. The van der Waals surface area contributed by atoms with Crippen LogP contribution in [-0.2, 0) is 15.3 Å². The molecule has 3 aromatic rings. The number of rotatable bonds is 7. The van der Waals surface area contributed by atoms with Crippen molar-refractivity contribution in [2.24, 2.45) is 0 Å². The summed E-state index contributed by atoms with van der Waals surface area (Å²) in [6, 6.07) is 9.32. The van der Waals surface area contributed by atoms with Crippen LogP contribution >= 0.6 is 35.1 Å². The van der Waals surface area contributed by atoms with Gasteiger partial charge in [-0.25, -0.2) is 9.97 Å². The summed E-state index contributed by atoms with van der Waals surface area (Å²) in [5.74, 6) is 0.922. The van der Waals surface area contributed by atoms with Crippen molar-refractivity contribution in [1.29, 1.82) is 0 Å². The second kappa shape index (κ2) is 9.60.